The standard InChI is InChI=1S/C18H17N3O6S/c1-11(16(22)19-20-17(23)12-6-4-3-5-7-12)27-18(24)13-8-9-15(28-2)14(10-13)21(25)26/h3-11H,1-2H3,(H,19,22)(H,20,23)/t11-/m1/s1. The molecule has 0 bridgehead atoms. The molecule has 0 spiro atoms. The van der Waals surface area contributed by atoms with Crippen LogP contribution < -0.4 is 10.9 Å². The SMILES string of the molecule is CSc1ccc(C(=O)O[C@H](C)C(=O)NNC(=O)c2ccccc2)cc1[N+](=O)[O-]. The molecule has 0 aliphatic heterocycles. The first-order valence-electron chi connectivity index (χ1n) is 8.02. The molecule has 2 N–H and O–H groups in total. The molecule has 0 saturated carbocycles. The summed E-state index contributed by atoms with van der Waals surface area (Å²) in [4.78, 5) is 46.9. The van der Waals surface area contributed by atoms with Crippen LogP contribution in [-0.4, -0.2) is 35.1 Å². The number of nitro benzene ring substituents is 1. The van der Waals surface area contributed by atoms with Gasteiger partial charge >= 0.3 is 5.97 Å². The first-order chi connectivity index (χ1) is 13.3. The number of hydrogen-bond donors (Lipinski definition) is 2. The Hall–Kier alpha value is -3.40. The summed E-state index contributed by atoms with van der Waals surface area (Å²) >= 11 is 1.17. The molecule has 10 heteroatoms. The number of amides is 2. The fourth-order valence-corrected chi connectivity index (χ4v) is 2.67. The summed E-state index contributed by atoms with van der Waals surface area (Å²) in [7, 11) is 0. The number of rotatable bonds is 6. The summed E-state index contributed by atoms with van der Waals surface area (Å²) in [5.41, 5.74) is 4.42. The van der Waals surface area contributed by atoms with E-state index in [1.54, 1.807) is 36.6 Å². The summed E-state index contributed by atoms with van der Waals surface area (Å²) in [5, 5.41) is 11.1. The second-order valence-electron chi connectivity index (χ2n) is 5.50. The molecule has 0 aliphatic carbocycles. The zero-order chi connectivity index (χ0) is 20.7. The number of hydrazine groups is 1. The number of esters is 1. The van der Waals surface area contributed by atoms with E-state index in [0.29, 0.717) is 10.5 Å². The molecule has 0 unspecified atom stereocenters. The number of hydrogen-bond acceptors (Lipinski definition) is 7. The maximum atomic E-state index is 12.2. The van der Waals surface area contributed by atoms with E-state index in [4.69, 9.17) is 4.74 Å². The van der Waals surface area contributed by atoms with Crippen LogP contribution >= 0.6 is 11.8 Å². The predicted molar refractivity (Wildman–Crippen MR) is 102 cm³/mol. The number of carbonyl (C=O) groups excluding carboxylic acids is 3. The zero-order valence-electron chi connectivity index (χ0n) is 15.0. The van der Waals surface area contributed by atoms with Gasteiger partial charge in [-0.1, -0.05) is 18.2 Å². The molecule has 28 heavy (non-hydrogen) atoms. The Labute approximate surface area is 164 Å². The van der Waals surface area contributed by atoms with Gasteiger partial charge in [0.05, 0.1) is 15.4 Å². The third kappa shape index (κ3) is 5.30. The van der Waals surface area contributed by atoms with Crippen molar-refractivity contribution in [3.05, 3.63) is 69.8 Å². The van der Waals surface area contributed by atoms with E-state index >= 15 is 0 Å². The summed E-state index contributed by atoms with van der Waals surface area (Å²) in [6, 6.07) is 12.1. The maximum absolute atomic E-state index is 12.2. The Bertz CT molecular complexity index is 903. The summed E-state index contributed by atoms with van der Waals surface area (Å²) in [5.74, 6) is -2.18. The predicted octanol–water partition coefficient (Wildman–Crippen LogP) is 2.32. The molecule has 0 saturated heterocycles. The molecule has 0 aromatic heterocycles. The molecule has 2 aromatic carbocycles. The van der Waals surface area contributed by atoms with Gasteiger partial charge in [-0.25, -0.2) is 4.79 Å². The van der Waals surface area contributed by atoms with Crippen molar-refractivity contribution in [3.63, 3.8) is 0 Å². The molecule has 0 radical (unpaired) electrons. The van der Waals surface area contributed by atoms with E-state index in [9.17, 15) is 24.5 Å². The van der Waals surface area contributed by atoms with Gasteiger partial charge in [-0.05, 0) is 37.4 Å². The van der Waals surface area contributed by atoms with Gasteiger partial charge < -0.3 is 4.74 Å². The Morgan fingerprint density at radius 1 is 1.07 bits per heavy atom. The lowest BCUT2D eigenvalue weighted by atomic mass is 10.2. The monoisotopic (exact) mass is 403 g/mol. The van der Waals surface area contributed by atoms with Crippen molar-refractivity contribution >= 4 is 35.2 Å². The van der Waals surface area contributed by atoms with Gasteiger partial charge in [0, 0.05) is 11.6 Å². The Kier molecular flexibility index (Phi) is 7.10. The van der Waals surface area contributed by atoms with E-state index in [1.807, 2.05) is 0 Å². The summed E-state index contributed by atoms with van der Waals surface area (Å²) < 4.78 is 5.01. The van der Waals surface area contributed by atoms with Crippen molar-refractivity contribution in [1.29, 1.82) is 0 Å². The minimum atomic E-state index is -1.23. The average molecular weight is 403 g/mol. The summed E-state index contributed by atoms with van der Waals surface area (Å²) in [6.45, 7) is 1.31. The number of ether oxygens (including phenoxy) is 1. The minimum absolute atomic E-state index is 0.0579. The number of nitrogens with zero attached hydrogens (tertiary/aromatic N) is 1. The maximum Gasteiger partial charge on any atom is 0.339 e. The molecule has 2 amide bonds. The molecule has 0 heterocycles. The van der Waals surface area contributed by atoms with Gasteiger partial charge in [0.25, 0.3) is 17.5 Å². The van der Waals surface area contributed by atoms with E-state index in [-0.39, 0.29) is 11.3 Å². The summed E-state index contributed by atoms with van der Waals surface area (Å²) in [6.07, 6.45) is 0.444. The number of thioether (sulfide) groups is 1. The molecule has 1 atom stereocenters. The second-order valence-corrected chi connectivity index (χ2v) is 6.35. The third-order valence-electron chi connectivity index (χ3n) is 3.60. The van der Waals surface area contributed by atoms with Crippen LogP contribution in [-0.2, 0) is 9.53 Å². The average Bonchev–Trinajstić information content (AvgIpc) is 2.71. The largest absolute Gasteiger partial charge is 0.449 e. The van der Waals surface area contributed by atoms with Crippen LogP contribution in [0, 0.1) is 10.1 Å². The lowest BCUT2D eigenvalue weighted by Gasteiger charge is -2.14. The molecule has 0 fully saturated rings. The highest BCUT2D eigenvalue weighted by atomic mass is 32.2. The highest BCUT2D eigenvalue weighted by Crippen LogP contribution is 2.28. The zero-order valence-corrected chi connectivity index (χ0v) is 15.8. The topological polar surface area (TPSA) is 128 Å². The van der Waals surface area contributed by atoms with E-state index in [1.165, 1.54) is 30.8 Å². The van der Waals surface area contributed by atoms with E-state index in [0.717, 1.165) is 6.07 Å². The minimum Gasteiger partial charge on any atom is -0.449 e. The van der Waals surface area contributed by atoms with Crippen LogP contribution in [0.5, 0.6) is 0 Å². The number of nitrogens with one attached hydrogen (secondary N) is 2. The van der Waals surface area contributed by atoms with Crippen LogP contribution in [0.1, 0.15) is 27.6 Å². The van der Waals surface area contributed by atoms with Gasteiger partial charge in [-0.15, -0.1) is 11.8 Å². The van der Waals surface area contributed by atoms with Gasteiger partial charge in [0.2, 0.25) is 0 Å². The fraction of sp³-hybridized carbons (Fsp3) is 0.167. The highest BCUT2D eigenvalue weighted by molar-refractivity contribution is 7.98. The first-order valence-corrected chi connectivity index (χ1v) is 9.24. The normalized spacial score (nSPS) is 11.2. The fourth-order valence-electron chi connectivity index (χ4n) is 2.12. The van der Waals surface area contributed by atoms with Crippen LogP contribution in [0.2, 0.25) is 0 Å². The quantitative estimate of drug-likeness (QED) is 0.328. The molecule has 0 aliphatic rings. The van der Waals surface area contributed by atoms with Crippen molar-refractivity contribution < 1.29 is 24.0 Å². The molecule has 9 nitrogen and oxygen atoms in total. The van der Waals surface area contributed by atoms with Gasteiger partial charge in [0.15, 0.2) is 6.10 Å². The van der Waals surface area contributed by atoms with Crippen LogP contribution in [0.3, 0.4) is 0 Å². The van der Waals surface area contributed by atoms with Crippen molar-refractivity contribution in [2.24, 2.45) is 0 Å². The molecule has 2 rings (SSSR count). The van der Waals surface area contributed by atoms with Crippen molar-refractivity contribution in [2.45, 2.75) is 17.9 Å². The van der Waals surface area contributed by atoms with Crippen LogP contribution in [0.25, 0.3) is 0 Å². The highest BCUT2D eigenvalue weighted by Gasteiger charge is 2.22. The van der Waals surface area contributed by atoms with Crippen molar-refractivity contribution in [2.75, 3.05) is 6.26 Å². The Morgan fingerprint density at radius 2 is 1.75 bits per heavy atom. The third-order valence-corrected chi connectivity index (χ3v) is 4.38. The van der Waals surface area contributed by atoms with Crippen LogP contribution in [0.15, 0.2) is 53.4 Å². The number of nitro groups is 1. The second kappa shape index (κ2) is 9.51. The molecular formula is C18H17N3O6S. The Balaban J connectivity index is 1.96. The van der Waals surface area contributed by atoms with Crippen LogP contribution in [0.4, 0.5) is 5.69 Å². The van der Waals surface area contributed by atoms with Gasteiger partial charge in [-0.2, -0.15) is 0 Å². The first kappa shape index (κ1) is 20.9. The lowest BCUT2D eigenvalue weighted by Crippen LogP contribution is -2.46. The van der Waals surface area contributed by atoms with E-state index in [2.05, 4.69) is 10.9 Å². The van der Waals surface area contributed by atoms with Crippen molar-refractivity contribution in [1.82, 2.24) is 10.9 Å². The number of carbonyl (C=O) groups is 3. The Morgan fingerprint density at radius 3 is 2.36 bits per heavy atom. The van der Waals surface area contributed by atoms with Crippen molar-refractivity contribution in [3.8, 4) is 0 Å². The molecule has 146 valence electrons. The molecular weight excluding hydrogens is 386 g/mol. The van der Waals surface area contributed by atoms with Gasteiger partial charge in [-0.3, -0.25) is 30.6 Å². The van der Waals surface area contributed by atoms with Gasteiger partial charge in [0.1, 0.15) is 0 Å². The van der Waals surface area contributed by atoms with E-state index < -0.39 is 28.8 Å². The lowest BCUT2D eigenvalue weighted by molar-refractivity contribution is -0.387. The number of benzene rings is 2. The molecule has 2 aromatic rings. The smallest absolute Gasteiger partial charge is 0.339 e.